The van der Waals surface area contributed by atoms with Crippen molar-refractivity contribution in [3.8, 4) is 5.75 Å². The van der Waals surface area contributed by atoms with E-state index in [4.69, 9.17) is 5.73 Å². The first-order chi connectivity index (χ1) is 13.0. The Bertz CT molecular complexity index is 675. The van der Waals surface area contributed by atoms with E-state index in [-0.39, 0.29) is 24.5 Å². The molecule has 0 spiro atoms. The van der Waals surface area contributed by atoms with Crippen molar-refractivity contribution in [1.82, 2.24) is 10.6 Å². The molecule has 0 saturated heterocycles. The number of carboxylic acids is 1. The second-order valence-corrected chi connectivity index (χ2v) is 7.23. The molecule has 1 aromatic carbocycles. The molecule has 0 aliphatic heterocycles. The number of hydrogen-bond acceptors (Lipinski definition) is 6. The fourth-order valence-electron chi connectivity index (χ4n) is 2.60. The fourth-order valence-corrected chi connectivity index (χ4v) is 2.60. The van der Waals surface area contributed by atoms with Crippen molar-refractivity contribution in [3.63, 3.8) is 0 Å². The zero-order valence-corrected chi connectivity index (χ0v) is 16.3. The van der Waals surface area contributed by atoms with Crippen LogP contribution in [0.4, 0.5) is 0 Å². The van der Waals surface area contributed by atoms with Crippen LogP contribution in [0.5, 0.6) is 5.75 Å². The average molecular weight is 395 g/mol. The van der Waals surface area contributed by atoms with E-state index in [2.05, 4.69) is 10.6 Å². The lowest BCUT2D eigenvalue weighted by Crippen LogP contribution is -2.58. The number of hydrogen-bond donors (Lipinski definition) is 6. The topological polar surface area (TPSA) is 162 Å². The zero-order valence-electron chi connectivity index (χ0n) is 16.3. The van der Waals surface area contributed by atoms with Gasteiger partial charge in [0.2, 0.25) is 11.8 Å². The Balaban J connectivity index is 2.76. The number of nitrogens with two attached hydrogens (primary N) is 1. The Morgan fingerprint density at radius 2 is 1.61 bits per heavy atom. The van der Waals surface area contributed by atoms with Crippen LogP contribution in [0.25, 0.3) is 0 Å². The Morgan fingerprint density at radius 3 is 2.07 bits per heavy atom. The van der Waals surface area contributed by atoms with E-state index in [1.165, 1.54) is 19.1 Å². The highest BCUT2D eigenvalue weighted by molar-refractivity contribution is 5.92. The molecule has 2 amide bonds. The number of benzene rings is 1. The molecule has 1 rings (SSSR count). The van der Waals surface area contributed by atoms with Gasteiger partial charge in [-0.2, -0.15) is 0 Å². The highest BCUT2D eigenvalue weighted by Crippen LogP contribution is 2.11. The number of aromatic hydroxyl groups is 1. The minimum Gasteiger partial charge on any atom is -0.508 e. The van der Waals surface area contributed by atoms with Crippen LogP contribution < -0.4 is 16.4 Å². The zero-order chi connectivity index (χ0) is 21.4. The first-order valence-corrected chi connectivity index (χ1v) is 9.06. The highest BCUT2D eigenvalue weighted by Gasteiger charge is 2.31. The minimum atomic E-state index is -1.34. The Kier molecular flexibility index (Phi) is 8.87. The van der Waals surface area contributed by atoms with Gasteiger partial charge in [0.15, 0.2) is 0 Å². The Hall–Kier alpha value is -2.65. The molecular weight excluding hydrogens is 366 g/mol. The third kappa shape index (κ3) is 7.53. The number of nitrogens with one attached hydrogen (secondary N) is 2. The van der Waals surface area contributed by atoms with E-state index in [9.17, 15) is 29.7 Å². The number of carbonyl (C=O) groups is 3. The summed E-state index contributed by atoms with van der Waals surface area (Å²) < 4.78 is 0. The van der Waals surface area contributed by atoms with Gasteiger partial charge in [0.25, 0.3) is 0 Å². The number of carbonyl (C=O) groups excluding carboxylic acids is 2. The van der Waals surface area contributed by atoms with Crippen LogP contribution in [0.15, 0.2) is 24.3 Å². The molecule has 9 nitrogen and oxygen atoms in total. The van der Waals surface area contributed by atoms with Crippen LogP contribution in [-0.2, 0) is 20.8 Å². The van der Waals surface area contributed by atoms with Crippen molar-refractivity contribution < 1.29 is 29.7 Å². The van der Waals surface area contributed by atoms with Crippen molar-refractivity contribution in [2.24, 2.45) is 11.7 Å². The third-order valence-corrected chi connectivity index (χ3v) is 4.11. The molecule has 156 valence electrons. The molecule has 0 saturated carbocycles. The predicted molar refractivity (Wildman–Crippen MR) is 102 cm³/mol. The molecule has 0 radical (unpaired) electrons. The standard InChI is InChI=1S/C19H29N3O6/c1-10(2)8-15(19(27)28)21-18(26)16(11(3)23)22-17(25)14(20)9-12-4-6-13(24)7-5-12/h4-7,10-11,14-16,23-24H,8-9,20H2,1-3H3,(H,21,26)(H,22,25)(H,27,28)/t11-,14+,15+,16+/m1/s1. The van der Waals surface area contributed by atoms with Crippen molar-refractivity contribution in [3.05, 3.63) is 29.8 Å². The summed E-state index contributed by atoms with van der Waals surface area (Å²) in [4.78, 5) is 36.1. The van der Waals surface area contributed by atoms with Crippen molar-refractivity contribution in [1.29, 1.82) is 0 Å². The largest absolute Gasteiger partial charge is 0.508 e. The molecule has 4 atom stereocenters. The summed E-state index contributed by atoms with van der Waals surface area (Å²) in [6.07, 6.45) is -0.883. The van der Waals surface area contributed by atoms with Gasteiger partial charge in [-0.1, -0.05) is 26.0 Å². The van der Waals surface area contributed by atoms with Crippen molar-refractivity contribution in [2.45, 2.75) is 57.8 Å². The molecule has 0 aliphatic rings. The van der Waals surface area contributed by atoms with Crippen LogP contribution in [0.3, 0.4) is 0 Å². The average Bonchev–Trinajstić information content (AvgIpc) is 2.59. The number of aliphatic hydroxyl groups excluding tert-OH is 1. The molecule has 0 aliphatic carbocycles. The highest BCUT2D eigenvalue weighted by atomic mass is 16.4. The van der Waals surface area contributed by atoms with Gasteiger partial charge in [0.1, 0.15) is 17.8 Å². The molecule has 1 aromatic rings. The van der Waals surface area contributed by atoms with Gasteiger partial charge in [-0.05, 0) is 43.4 Å². The van der Waals surface area contributed by atoms with Gasteiger partial charge in [-0.3, -0.25) is 9.59 Å². The van der Waals surface area contributed by atoms with Crippen LogP contribution in [0.1, 0.15) is 32.8 Å². The normalized spacial score (nSPS) is 15.4. The smallest absolute Gasteiger partial charge is 0.326 e. The van der Waals surface area contributed by atoms with Gasteiger partial charge in [0, 0.05) is 0 Å². The van der Waals surface area contributed by atoms with Crippen LogP contribution >= 0.6 is 0 Å². The van der Waals surface area contributed by atoms with Crippen molar-refractivity contribution in [2.75, 3.05) is 0 Å². The van der Waals surface area contributed by atoms with Gasteiger partial charge >= 0.3 is 5.97 Å². The second kappa shape index (κ2) is 10.6. The predicted octanol–water partition coefficient (Wildman–Crippen LogP) is -0.257. The molecule has 0 bridgehead atoms. The number of amides is 2. The number of phenols is 1. The summed E-state index contributed by atoms with van der Waals surface area (Å²) >= 11 is 0. The SMILES string of the molecule is CC(C)C[C@H](NC(=O)[C@@H](NC(=O)[C@@H](N)Cc1ccc(O)cc1)[C@@H](C)O)C(=O)O. The lowest BCUT2D eigenvalue weighted by Gasteiger charge is -2.25. The first-order valence-electron chi connectivity index (χ1n) is 9.06. The van der Waals surface area contributed by atoms with E-state index in [1.54, 1.807) is 12.1 Å². The lowest BCUT2D eigenvalue weighted by molar-refractivity contribution is -0.143. The van der Waals surface area contributed by atoms with Gasteiger partial charge in [-0.25, -0.2) is 4.79 Å². The molecule has 0 heterocycles. The third-order valence-electron chi connectivity index (χ3n) is 4.11. The molecule has 0 unspecified atom stereocenters. The minimum absolute atomic E-state index is 0.0275. The summed E-state index contributed by atoms with van der Waals surface area (Å²) in [7, 11) is 0. The van der Waals surface area contributed by atoms with Gasteiger partial charge < -0.3 is 31.7 Å². The number of rotatable bonds is 10. The quantitative estimate of drug-likeness (QED) is 0.318. The molecular formula is C19H29N3O6. The summed E-state index contributed by atoms with van der Waals surface area (Å²) in [6, 6.07) is 2.70. The summed E-state index contributed by atoms with van der Waals surface area (Å²) in [5.41, 5.74) is 6.58. The van der Waals surface area contributed by atoms with Crippen LogP contribution in [-0.4, -0.2) is 57.3 Å². The summed E-state index contributed by atoms with van der Waals surface area (Å²) in [5, 5.41) is 33.1. The second-order valence-electron chi connectivity index (χ2n) is 7.23. The van der Waals surface area contributed by atoms with Crippen molar-refractivity contribution >= 4 is 17.8 Å². The summed E-state index contributed by atoms with van der Waals surface area (Å²) in [5.74, 6) is -2.54. The van der Waals surface area contributed by atoms with Gasteiger partial charge in [-0.15, -0.1) is 0 Å². The number of carboxylic acid groups (broad SMARTS) is 1. The van der Waals surface area contributed by atoms with E-state index in [0.29, 0.717) is 5.56 Å². The van der Waals surface area contributed by atoms with E-state index in [0.717, 1.165) is 0 Å². The number of aliphatic carboxylic acids is 1. The molecule has 7 N–H and O–H groups in total. The first kappa shape index (κ1) is 23.4. The monoisotopic (exact) mass is 395 g/mol. The Labute approximate surface area is 163 Å². The maximum Gasteiger partial charge on any atom is 0.326 e. The fraction of sp³-hybridized carbons (Fsp3) is 0.526. The van der Waals surface area contributed by atoms with E-state index in [1.807, 2.05) is 13.8 Å². The van der Waals surface area contributed by atoms with E-state index >= 15 is 0 Å². The molecule has 28 heavy (non-hydrogen) atoms. The molecule has 0 fully saturated rings. The molecule has 9 heteroatoms. The maximum absolute atomic E-state index is 12.4. The Morgan fingerprint density at radius 1 is 1.04 bits per heavy atom. The van der Waals surface area contributed by atoms with Gasteiger partial charge in [0.05, 0.1) is 12.1 Å². The summed E-state index contributed by atoms with van der Waals surface area (Å²) in [6.45, 7) is 4.95. The van der Waals surface area contributed by atoms with Crippen LogP contribution in [0.2, 0.25) is 0 Å². The number of phenolic OH excluding ortho intramolecular Hbond substituents is 1. The molecule has 0 aromatic heterocycles. The number of aliphatic hydroxyl groups is 1. The van der Waals surface area contributed by atoms with E-state index < -0.39 is 42.0 Å². The van der Waals surface area contributed by atoms with Crippen LogP contribution in [0, 0.1) is 5.92 Å². The maximum atomic E-state index is 12.4. The lowest BCUT2D eigenvalue weighted by atomic mass is 10.0.